The molecule has 10 heavy (non-hydrogen) atoms. The second kappa shape index (κ2) is 5.94. The maximum atomic E-state index is 10.3. The summed E-state index contributed by atoms with van der Waals surface area (Å²) in [7, 11) is 0. The van der Waals surface area contributed by atoms with Crippen LogP contribution in [0.3, 0.4) is 0 Å². The molecule has 0 rings (SSSR count). The number of esters is 1. The zero-order chi connectivity index (χ0) is 7.82. The van der Waals surface area contributed by atoms with E-state index in [-0.39, 0.29) is 19.4 Å². The Bertz CT molecular complexity index is 130. The maximum Gasteiger partial charge on any atom is 0.313 e. The summed E-state index contributed by atoms with van der Waals surface area (Å²) in [5.74, 6) is -0.586. The van der Waals surface area contributed by atoms with Crippen LogP contribution in [0, 0.1) is 0 Å². The van der Waals surface area contributed by atoms with E-state index in [1.165, 1.54) is 0 Å². The van der Waals surface area contributed by atoms with Gasteiger partial charge in [0, 0.05) is 6.42 Å². The van der Waals surface area contributed by atoms with Gasteiger partial charge in [-0.3, -0.25) is 4.79 Å². The number of carbonyl (C=O) groups is 3. The van der Waals surface area contributed by atoms with Gasteiger partial charge in [0.1, 0.15) is 19.0 Å². The molecule has 0 radical (unpaired) electrons. The molecule has 0 spiro atoms. The fourth-order valence-electron chi connectivity index (χ4n) is 0.348. The van der Waals surface area contributed by atoms with Gasteiger partial charge in [-0.1, -0.05) is 0 Å². The molecule has 0 aliphatic carbocycles. The molecule has 0 bridgehead atoms. The molecule has 0 fully saturated rings. The van der Waals surface area contributed by atoms with E-state index in [0.717, 1.165) is 0 Å². The SMILES string of the molecule is O=CCCOC(=O)CC=O. The van der Waals surface area contributed by atoms with Crippen LogP contribution in [0.2, 0.25) is 0 Å². The van der Waals surface area contributed by atoms with Gasteiger partial charge in [-0.05, 0) is 0 Å². The van der Waals surface area contributed by atoms with E-state index in [1.54, 1.807) is 0 Å². The van der Waals surface area contributed by atoms with E-state index in [1.807, 2.05) is 0 Å². The molecule has 0 aliphatic heterocycles. The summed E-state index contributed by atoms with van der Waals surface area (Å²) in [5, 5.41) is 0. The van der Waals surface area contributed by atoms with Crippen molar-refractivity contribution in [2.75, 3.05) is 6.61 Å². The Balaban J connectivity index is 3.20. The van der Waals surface area contributed by atoms with E-state index >= 15 is 0 Å². The number of ether oxygens (including phenoxy) is 1. The first-order valence-electron chi connectivity index (χ1n) is 2.84. The largest absolute Gasteiger partial charge is 0.465 e. The molecule has 0 heterocycles. The topological polar surface area (TPSA) is 60.4 Å². The number of rotatable bonds is 5. The normalized spacial score (nSPS) is 8.40. The zero-order valence-electron chi connectivity index (χ0n) is 5.41. The lowest BCUT2D eigenvalue weighted by Crippen LogP contribution is -2.05. The van der Waals surface area contributed by atoms with Crippen LogP contribution >= 0.6 is 0 Å². The number of aldehydes is 2. The molecular formula is C6H8O4. The first kappa shape index (κ1) is 8.81. The average Bonchev–Trinajstić information content (AvgIpc) is 1.89. The first-order chi connectivity index (χ1) is 4.81. The van der Waals surface area contributed by atoms with E-state index in [2.05, 4.69) is 4.74 Å². The van der Waals surface area contributed by atoms with Crippen molar-refractivity contribution in [3.63, 3.8) is 0 Å². The van der Waals surface area contributed by atoms with Crippen LogP contribution in [0.1, 0.15) is 12.8 Å². The van der Waals surface area contributed by atoms with Crippen molar-refractivity contribution >= 4 is 18.5 Å². The molecule has 56 valence electrons. The summed E-state index contributed by atoms with van der Waals surface area (Å²) < 4.78 is 4.42. The molecule has 0 aromatic rings. The van der Waals surface area contributed by atoms with E-state index < -0.39 is 5.97 Å². The minimum absolute atomic E-state index is 0.0656. The van der Waals surface area contributed by atoms with Gasteiger partial charge in [-0.15, -0.1) is 0 Å². The summed E-state index contributed by atoms with van der Waals surface area (Å²) in [6.07, 6.45) is 1.06. The predicted molar refractivity (Wildman–Crippen MR) is 32.3 cm³/mol. The van der Waals surface area contributed by atoms with Gasteiger partial charge < -0.3 is 14.3 Å². The number of hydrogen-bond donors (Lipinski definition) is 0. The van der Waals surface area contributed by atoms with Crippen LogP contribution in [0.15, 0.2) is 0 Å². The number of hydrogen-bond acceptors (Lipinski definition) is 4. The van der Waals surface area contributed by atoms with Gasteiger partial charge in [0.25, 0.3) is 0 Å². The van der Waals surface area contributed by atoms with E-state index in [0.29, 0.717) is 12.6 Å². The van der Waals surface area contributed by atoms with Crippen LogP contribution in [0.25, 0.3) is 0 Å². The van der Waals surface area contributed by atoms with Crippen molar-refractivity contribution in [1.82, 2.24) is 0 Å². The van der Waals surface area contributed by atoms with Crippen LogP contribution in [-0.4, -0.2) is 25.1 Å². The van der Waals surface area contributed by atoms with Crippen LogP contribution < -0.4 is 0 Å². The molecule has 0 aliphatic rings. The van der Waals surface area contributed by atoms with Crippen molar-refractivity contribution in [3.05, 3.63) is 0 Å². The Labute approximate surface area is 58.2 Å². The molecule has 0 atom stereocenters. The lowest BCUT2D eigenvalue weighted by atomic mass is 10.5. The third-order valence-corrected chi connectivity index (χ3v) is 0.749. The van der Waals surface area contributed by atoms with Crippen molar-refractivity contribution < 1.29 is 19.1 Å². The molecule has 0 amide bonds. The zero-order valence-corrected chi connectivity index (χ0v) is 5.41. The second-order valence-corrected chi connectivity index (χ2v) is 1.55. The lowest BCUT2D eigenvalue weighted by Gasteiger charge is -1.96. The van der Waals surface area contributed by atoms with Gasteiger partial charge in [-0.2, -0.15) is 0 Å². The summed E-state index contributed by atoms with van der Waals surface area (Å²) in [5.41, 5.74) is 0. The summed E-state index contributed by atoms with van der Waals surface area (Å²) in [4.78, 5) is 29.7. The summed E-state index contributed by atoms with van der Waals surface area (Å²) in [6.45, 7) is 0.0656. The molecule has 0 N–H and O–H groups in total. The summed E-state index contributed by atoms with van der Waals surface area (Å²) >= 11 is 0. The highest BCUT2D eigenvalue weighted by Gasteiger charge is 1.98. The lowest BCUT2D eigenvalue weighted by molar-refractivity contribution is -0.144. The van der Waals surface area contributed by atoms with Gasteiger partial charge in [0.2, 0.25) is 0 Å². The average molecular weight is 144 g/mol. The molecule has 4 heteroatoms. The van der Waals surface area contributed by atoms with Crippen LogP contribution in [0.5, 0.6) is 0 Å². The Morgan fingerprint density at radius 2 is 2.00 bits per heavy atom. The smallest absolute Gasteiger partial charge is 0.313 e. The van der Waals surface area contributed by atoms with Crippen LogP contribution in [0.4, 0.5) is 0 Å². The highest BCUT2D eigenvalue weighted by Crippen LogP contribution is 1.83. The fourth-order valence-corrected chi connectivity index (χ4v) is 0.348. The van der Waals surface area contributed by atoms with Gasteiger partial charge in [-0.25, -0.2) is 0 Å². The Hall–Kier alpha value is -1.19. The molecule has 0 saturated carbocycles. The molecule has 0 aromatic carbocycles. The predicted octanol–water partition coefficient (Wildman–Crippen LogP) is -0.292. The molecule has 0 saturated heterocycles. The molecule has 0 aromatic heterocycles. The maximum absolute atomic E-state index is 10.3. The Morgan fingerprint density at radius 1 is 1.30 bits per heavy atom. The van der Waals surface area contributed by atoms with Gasteiger partial charge >= 0.3 is 5.97 Å². The third kappa shape index (κ3) is 4.96. The molecule has 4 nitrogen and oxygen atoms in total. The number of carbonyl (C=O) groups excluding carboxylic acids is 3. The monoisotopic (exact) mass is 144 g/mol. The fraction of sp³-hybridized carbons (Fsp3) is 0.500. The van der Waals surface area contributed by atoms with E-state index in [9.17, 15) is 14.4 Å². The van der Waals surface area contributed by atoms with Crippen LogP contribution in [-0.2, 0) is 19.1 Å². The minimum Gasteiger partial charge on any atom is -0.465 e. The molecular weight excluding hydrogens is 136 g/mol. The standard InChI is InChI=1S/C6H8O4/c7-3-1-5-10-6(9)2-4-8/h3-4H,1-2,5H2. The van der Waals surface area contributed by atoms with Gasteiger partial charge in [0.15, 0.2) is 0 Å². The molecule has 0 unspecified atom stereocenters. The first-order valence-corrected chi connectivity index (χ1v) is 2.84. The second-order valence-electron chi connectivity index (χ2n) is 1.55. The van der Waals surface area contributed by atoms with Crippen molar-refractivity contribution in [1.29, 1.82) is 0 Å². The highest BCUT2D eigenvalue weighted by molar-refractivity contribution is 5.83. The highest BCUT2D eigenvalue weighted by atomic mass is 16.5. The minimum atomic E-state index is -0.586. The van der Waals surface area contributed by atoms with E-state index in [4.69, 9.17) is 0 Å². The Morgan fingerprint density at radius 3 is 2.50 bits per heavy atom. The van der Waals surface area contributed by atoms with Crippen molar-refractivity contribution in [3.8, 4) is 0 Å². The Kier molecular flexibility index (Phi) is 5.23. The van der Waals surface area contributed by atoms with Crippen molar-refractivity contribution in [2.24, 2.45) is 0 Å². The van der Waals surface area contributed by atoms with Gasteiger partial charge in [0.05, 0.1) is 6.61 Å². The quantitative estimate of drug-likeness (QED) is 0.230. The third-order valence-electron chi connectivity index (χ3n) is 0.749. The van der Waals surface area contributed by atoms with Crippen molar-refractivity contribution in [2.45, 2.75) is 12.8 Å². The summed E-state index contributed by atoms with van der Waals surface area (Å²) in [6, 6.07) is 0.